The van der Waals surface area contributed by atoms with Crippen LogP contribution in [0, 0.1) is 6.92 Å². The highest BCUT2D eigenvalue weighted by atomic mass is 16.6. The quantitative estimate of drug-likeness (QED) is 0.810. The number of hydrogen-bond donors (Lipinski definition) is 2. The summed E-state index contributed by atoms with van der Waals surface area (Å²) in [5.74, 6) is -1.56. The second-order valence-electron chi connectivity index (χ2n) is 4.17. The van der Waals surface area contributed by atoms with Gasteiger partial charge in [0, 0.05) is 24.9 Å². The van der Waals surface area contributed by atoms with E-state index >= 15 is 0 Å². The third kappa shape index (κ3) is 3.27. The minimum absolute atomic E-state index is 0.0205. The number of aryl methyl sites for hydroxylation is 1. The van der Waals surface area contributed by atoms with Crippen molar-refractivity contribution in [1.82, 2.24) is 10.3 Å². The van der Waals surface area contributed by atoms with Crippen molar-refractivity contribution in [2.45, 2.75) is 26.0 Å². The smallest absolute Gasteiger partial charge is 0.353 e. The number of pyridine rings is 1. The molecule has 0 fully saturated rings. The largest absolute Gasteiger partial charge is 0.477 e. The highest BCUT2D eigenvalue weighted by Gasteiger charge is 2.31. The van der Waals surface area contributed by atoms with E-state index in [-0.39, 0.29) is 18.0 Å². The Balaban J connectivity index is 1.83. The van der Waals surface area contributed by atoms with E-state index in [0.29, 0.717) is 6.54 Å². The predicted molar refractivity (Wildman–Crippen MR) is 65.4 cm³/mol. The van der Waals surface area contributed by atoms with Crippen molar-refractivity contribution in [2.75, 3.05) is 0 Å². The maximum Gasteiger partial charge on any atom is 0.353 e. The number of nitrogens with zero attached hydrogens (tertiary/aromatic N) is 2. The van der Waals surface area contributed by atoms with Gasteiger partial charge in [-0.25, -0.2) is 4.79 Å². The Bertz CT molecular complexity index is 524. The lowest BCUT2D eigenvalue weighted by molar-refractivity contribution is -0.131. The van der Waals surface area contributed by atoms with Gasteiger partial charge in [0.2, 0.25) is 6.10 Å². The number of nitrogens with one attached hydrogen (secondary N) is 1. The molecule has 2 rings (SSSR count). The monoisotopic (exact) mass is 263 g/mol. The second kappa shape index (κ2) is 5.47. The van der Waals surface area contributed by atoms with E-state index in [1.165, 1.54) is 0 Å². The minimum Gasteiger partial charge on any atom is -0.477 e. The first kappa shape index (κ1) is 13.0. The molecule has 1 amide bonds. The molecule has 0 saturated heterocycles. The molecule has 1 unspecified atom stereocenters. The van der Waals surface area contributed by atoms with Crippen molar-refractivity contribution < 1.29 is 19.5 Å². The summed E-state index contributed by atoms with van der Waals surface area (Å²) < 4.78 is 0. The number of carbonyl (C=O) groups excluding carboxylic acids is 1. The van der Waals surface area contributed by atoms with Crippen LogP contribution in [0.3, 0.4) is 0 Å². The highest BCUT2D eigenvalue weighted by Crippen LogP contribution is 2.11. The van der Waals surface area contributed by atoms with Crippen LogP contribution in [-0.2, 0) is 21.0 Å². The molecule has 1 atom stereocenters. The Labute approximate surface area is 109 Å². The van der Waals surface area contributed by atoms with Gasteiger partial charge in [-0.3, -0.25) is 9.78 Å². The lowest BCUT2D eigenvalue weighted by Crippen LogP contribution is -2.34. The minimum atomic E-state index is -1.17. The summed E-state index contributed by atoms with van der Waals surface area (Å²) in [5.41, 5.74) is 1.61. The third-order valence-corrected chi connectivity index (χ3v) is 2.65. The van der Waals surface area contributed by atoms with Crippen molar-refractivity contribution in [2.24, 2.45) is 5.16 Å². The van der Waals surface area contributed by atoms with Crippen LogP contribution in [-0.4, -0.2) is 33.8 Å². The average Bonchev–Trinajstić information content (AvgIpc) is 2.87. The summed E-state index contributed by atoms with van der Waals surface area (Å²) in [5, 5.41) is 14.7. The summed E-state index contributed by atoms with van der Waals surface area (Å²) in [6.45, 7) is 2.19. The number of carboxylic acids is 1. The maximum absolute atomic E-state index is 11.7. The average molecular weight is 263 g/mol. The maximum atomic E-state index is 11.7. The third-order valence-electron chi connectivity index (χ3n) is 2.65. The Hall–Kier alpha value is -2.44. The van der Waals surface area contributed by atoms with Crippen LogP contribution in [0.4, 0.5) is 0 Å². The standard InChI is InChI=1S/C12H13N3O4/c1-7-2-3-8(5-13-7)6-14-11(16)10-4-9(12(17)18)15-19-10/h2-3,5,10H,4,6H2,1H3,(H,14,16)(H,17,18). The molecule has 0 bridgehead atoms. The summed E-state index contributed by atoms with van der Waals surface area (Å²) in [4.78, 5) is 31.2. The first-order chi connectivity index (χ1) is 9.06. The van der Waals surface area contributed by atoms with E-state index in [9.17, 15) is 9.59 Å². The zero-order valence-electron chi connectivity index (χ0n) is 10.3. The predicted octanol–water partition coefficient (Wildman–Crippen LogP) is 0.236. The van der Waals surface area contributed by atoms with E-state index in [0.717, 1.165) is 11.3 Å². The number of aromatic nitrogens is 1. The number of amides is 1. The Morgan fingerprint density at radius 2 is 2.32 bits per heavy atom. The fourth-order valence-corrected chi connectivity index (χ4v) is 1.55. The molecule has 0 radical (unpaired) electrons. The molecule has 2 N–H and O–H groups in total. The van der Waals surface area contributed by atoms with E-state index in [4.69, 9.17) is 9.94 Å². The van der Waals surface area contributed by atoms with Gasteiger partial charge in [-0.05, 0) is 18.6 Å². The molecule has 1 aromatic rings. The topological polar surface area (TPSA) is 101 Å². The van der Waals surface area contributed by atoms with Crippen LogP contribution in [0.5, 0.6) is 0 Å². The van der Waals surface area contributed by atoms with Crippen molar-refractivity contribution in [1.29, 1.82) is 0 Å². The van der Waals surface area contributed by atoms with Gasteiger partial charge >= 0.3 is 5.97 Å². The number of aliphatic carboxylic acids is 1. The van der Waals surface area contributed by atoms with Gasteiger partial charge in [0.15, 0.2) is 5.71 Å². The van der Waals surface area contributed by atoms with E-state index in [2.05, 4.69) is 15.5 Å². The zero-order chi connectivity index (χ0) is 13.8. The number of carboxylic acid groups (broad SMARTS) is 1. The normalized spacial score (nSPS) is 17.5. The molecule has 2 heterocycles. The second-order valence-corrected chi connectivity index (χ2v) is 4.17. The first-order valence-corrected chi connectivity index (χ1v) is 5.71. The zero-order valence-corrected chi connectivity index (χ0v) is 10.3. The van der Waals surface area contributed by atoms with Crippen molar-refractivity contribution in [3.8, 4) is 0 Å². The summed E-state index contributed by atoms with van der Waals surface area (Å²) >= 11 is 0. The van der Waals surface area contributed by atoms with Crippen molar-refractivity contribution in [3.63, 3.8) is 0 Å². The van der Waals surface area contributed by atoms with Crippen LogP contribution in [0.25, 0.3) is 0 Å². The van der Waals surface area contributed by atoms with E-state index in [1.807, 2.05) is 19.1 Å². The molecule has 1 aliphatic heterocycles. The fraction of sp³-hybridized carbons (Fsp3) is 0.333. The Morgan fingerprint density at radius 3 is 2.89 bits per heavy atom. The van der Waals surface area contributed by atoms with Crippen LogP contribution in [0.15, 0.2) is 23.5 Å². The Kier molecular flexibility index (Phi) is 3.74. The first-order valence-electron chi connectivity index (χ1n) is 5.71. The van der Waals surface area contributed by atoms with Gasteiger partial charge in [-0.1, -0.05) is 11.2 Å². The molecule has 1 aromatic heterocycles. The van der Waals surface area contributed by atoms with Crippen LogP contribution < -0.4 is 5.32 Å². The molecule has 0 aromatic carbocycles. The fourth-order valence-electron chi connectivity index (χ4n) is 1.55. The molecular weight excluding hydrogens is 250 g/mol. The lowest BCUT2D eigenvalue weighted by Gasteiger charge is -2.09. The molecule has 0 aliphatic carbocycles. The van der Waals surface area contributed by atoms with Gasteiger partial charge in [0.1, 0.15) is 0 Å². The SMILES string of the molecule is Cc1ccc(CNC(=O)C2CC(C(=O)O)=NO2)cn1. The van der Waals surface area contributed by atoms with Gasteiger partial charge in [-0.15, -0.1) is 0 Å². The van der Waals surface area contributed by atoms with Crippen LogP contribution >= 0.6 is 0 Å². The number of rotatable bonds is 4. The van der Waals surface area contributed by atoms with Crippen LogP contribution in [0.1, 0.15) is 17.7 Å². The molecular formula is C12H13N3O4. The molecule has 100 valence electrons. The summed E-state index contributed by atoms with van der Waals surface area (Å²) in [6, 6.07) is 3.70. The molecule has 7 nitrogen and oxygen atoms in total. The van der Waals surface area contributed by atoms with Gasteiger partial charge < -0.3 is 15.3 Å². The number of hydrogen-bond acceptors (Lipinski definition) is 5. The van der Waals surface area contributed by atoms with Gasteiger partial charge in [0.25, 0.3) is 5.91 Å². The van der Waals surface area contributed by atoms with Crippen molar-refractivity contribution in [3.05, 3.63) is 29.6 Å². The number of oxime groups is 1. The Morgan fingerprint density at radius 1 is 1.53 bits per heavy atom. The number of carbonyl (C=O) groups is 2. The van der Waals surface area contributed by atoms with E-state index in [1.54, 1.807) is 6.20 Å². The van der Waals surface area contributed by atoms with Crippen LogP contribution in [0.2, 0.25) is 0 Å². The van der Waals surface area contributed by atoms with Crippen molar-refractivity contribution >= 4 is 17.6 Å². The summed E-state index contributed by atoms with van der Waals surface area (Å²) in [7, 11) is 0. The summed E-state index contributed by atoms with van der Waals surface area (Å²) in [6.07, 6.45) is 0.780. The van der Waals surface area contributed by atoms with Gasteiger partial charge in [-0.2, -0.15) is 0 Å². The molecule has 19 heavy (non-hydrogen) atoms. The molecule has 0 spiro atoms. The highest BCUT2D eigenvalue weighted by molar-refractivity contribution is 6.36. The lowest BCUT2D eigenvalue weighted by atomic mass is 10.1. The molecule has 7 heteroatoms. The molecule has 1 aliphatic rings. The van der Waals surface area contributed by atoms with Gasteiger partial charge in [0.05, 0.1) is 0 Å². The van der Waals surface area contributed by atoms with E-state index < -0.39 is 12.1 Å². The molecule has 0 saturated carbocycles.